The van der Waals surface area contributed by atoms with Gasteiger partial charge in [-0.15, -0.1) is 0 Å². The molecule has 0 radical (unpaired) electrons. The fourth-order valence-electron chi connectivity index (χ4n) is 2.09. The molecule has 17 heavy (non-hydrogen) atoms. The van der Waals surface area contributed by atoms with E-state index in [-0.39, 0.29) is 12.5 Å². The van der Waals surface area contributed by atoms with Crippen molar-refractivity contribution in [3.8, 4) is 0 Å². The number of aromatic amines is 2. The van der Waals surface area contributed by atoms with Crippen molar-refractivity contribution >= 4 is 12.2 Å². The molecule has 0 aliphatic carbocycles. The van der Waals surface area contributed by atoms with E-state index in [1.54, 1.807) is 0 Å². The van der Waals surface area contributed by atoms with Crippen LogP contribution in [0, 0.1) is 11.7 Å². The topological polar surface area (TPSA) is 51.8 Å². The smallest absolute Gasteiger partial charge is 0.174 e. The summed E-state index contributed by atoms with van der Waals surface area (Å²) in [6, 6.07) is 6.01. The fourth-order valence-corrected chi connectivity index (χ4v) is 2.27. The summed E-state index contributed by atoms with van der Waals surface area (Å²) in [6.45, 7) is 4.24. The van der Waals surface area contributed by atoms with Crippen molar-refractivity contribution in [2.75, 3.05) is 0 Å². The lowest BCUT2D eigenvalue weighted by Gasteiger charge is -2.15. The van der Waals surface area contributed by atoms with E-state index >= 15 is 0 Å². The highest BCUT2D eigenvalue weighted by molar-refractivity contribution is 7.71. The zero-order valence-corrected chi connectivity index (χ0v) is 10.8. The first-order chi connectivity index (χ1) is 8.13. The second kappa shape index (κ2) is 4.85. The molecule has 3 nitrogen and oxygen atoms in total. The Morgan fingerprint density at radius 1 is 1.41 bits per heavy atom. The minimum Gasteiger partial charge on any atom is -0.392 e. The number of nitrogens with one attached hydrogen (secondary N) is 2. The lowest BCUT2D eigenvalue weighted by atomic mass is 9.91. The van der Waals surface area contributed by atoms with Crippen LogP contribution in [0.3, 0.4) is 0 Å². The van der Waals surface area contributed by atoms with Crippen molar-refractivity contribution in [3.63, 3.8) is 0 Å². The minimum absolute atomic E-state index is 0.0789. The molecule has 90 valence electrons. The van der Waals surface area contributed by atoms with Crippen molar-refractivity contribution in [2.45, 2.75) is 26.4 Å². The maximum atomic E-state index is 9.27. The third-order valence-corrected chi connectivity index (χ3v) is 3.43. The van der Waals surface area contributed by atoms with Crippen LogP contribution in [-0.4, -0.2) is 15.1 Å². The first-order valence-electron chi connectivity index (χ1n) is 5.60. The molecule has 0 fully saturated rings. The average molecular weight is 248 g/mol. The van der Waals surface area contributed by atoms with Crippen LogP contribution in [-0.2, 0) is 6.61 Å². The number of hydrogen-bond acceptors (Lipinski definition) is 2. The van der Waals surface area contributed by atoms with Gasteiger partial charge in [0, 0.05) is 17.8 Å². The van der Waals surface area contributed by atoms with Crippen LogP contribution < -0.4 is 0 Å². The van der Waals surface area contributed by atoms with Gasteiger partial charge in [0.1, 0.15) is 0 Å². The molecule has 0 aliphatic heterocycles. The molecule has 1 heterocycles. The maximum absolute atomic E-state index is 9.27. The Kier molecular flexibility index (Phi) is 3.45. The number of aliphatic hydroxyl groups excluding tert-OH is 1. The van der Waals surface area contributed by atoms with Crippen LogP contribution in [0.15, 0.2) is 24.4 Å². The SMILES string of the molecule is Cc1c(CO)cccc1C(C)c1c[nH]c(=S)[nH]1. The number of imidazole rings is 1. The lowest BCUT2D eigenvalue weighted by molar-refractivity contribution is 0.281. The number of aliphatic hydroxyl groups is 1. The van der Waals surface area contributed by atoms with Gasteiger partial charge < -0.3 is 15.1 Å². The van der Waals surface area contributed by atoms with Gasteiger partial charge in [-0.1, -0.05) is 25.1 Å². The van der Waals surface area contributed by atoms with Gasteiger partial charge in [0.2, 0.25) is 0 Å². The monoisotopic (exact) mass is 248 g/mol. The summed E-state index contributed by atoms with van der Waals surface area (Å²) in [7, 11) is 0. The first-order valence-corrected chi connectivity index (χ1v) is 6.01. The Hall–Kier alpha value is -1.39. The van der Waals surface area contributed by atoms with Gasteiger partial charge in [-0.3, -0.25) is 0 Å². The van der Waals surface area contributed by atoms with Gasteiger partial charge in [-0.05, 0) is 35.8 Å². The Morgan fingerprint density at radius 2 is 2.18 bits per heavy atom. The minimum atomic E-state index is 0.0789. The summed E-state index contributed by atoms with van der Waals surface area (Å²) in [5, 5.41) is 9.27. The number of rotatable bonds is 3. The highest BCUT2D eigenvalue weighted by atomic mass is 32.1. The van der Waals surface area contributed by atoms with E-state index < -0.39 is 0 Å². The Balaban J connectivity index is 2.43. The molecule has 2 rings (SSSR count). The van der Waals surface area contributed by atoms with Crippen molar-refractivity contribution in [1.29, 1.82) is 0 Å². The van der Waals surface area contributed by atoms with Crippen LogP contribution in [0.4, 0.5) is 0 Å². The van der Waals surface area contributed by atoms with Crippen molar-refractivity contribution in [1.82, 2.24) is 9.97 Å². The summed E-state index contributed by atoms with van der Waals surface area (Å²) in [4.78, 5) is 6.11. The van der Waals surface area contributed by atoms with Crippen LogP contribution in [0.25, 0.3) is 0 Å². The van der Waals surface area contributed by atoms with Gasteiger partial charge in [0.15, 0.2) is 4.77 Å². The number of hydrogen-bond donors (Lipinski definition) is 3. The number of benzene rings is 1. The molecule has 4 heteroatoms. The molecular weight excluding hydrogens is 232 g/mol. The molecule has 0 saturated heterocycles. The van der Waals surface area contributed by atoms with E-state index in [0.717, 1.165) is 16.8 Å². The normalized spacial score (nSPS) is 12.6. The molecule has 0 saturated carbocycles. The van der Waals surface area contributed by atoms with E-state index in [1.165, 1.54) is 5.56 Å². The zero-order chi connectivity index (χ0) is 12.4. The Labute approximate surface area is 106 Å². The summed E-state index contributed by atoms with van der Waals surface area (Å²) in [5.74, 6) is 0.231. The molecule has 0 spiro atoms. The van der Waals surface area contributed by atoms with E-state index in [9.17, 15) is 5.11 Å². The maximum Gasteiger partial charge on any atom is 0.174 e. The van der Waals surface area contributed by atoms with E-state index in [4.69, 9.17) is 12.2 Å². The van der Waals surface area contributed by atoms with E-state index in [2.05, 4.69) is 23.0 Å². The third-order valence-electron chi connectivity index (χ3n) is 3.21. The second-order valence-electron chi connectivity index (χ2n) is 4.21. The van der Waals surface area contributed by atoms with Gasteiger partial charge in [0.05, 0.1) is 6.61 Å². The van der Waals surface area contributed by atoms with Crippen LogP contribution in [0.5, 0.6) is 0 Å². The third kappa shape index (κ3) is 2.33. The van der Waals surface area contributed by atoms with Crippen molar-refractivity contribution in [3.05, 3.63) is 51.6 Å². The van der Waals surface area contributed by atoms with Gasteiger partial charge in [0.25, 0.3) is 0 Å². The summed E-state index contributed by atoms with van der Waals surface area (Å²) in [6.07, 6.45) is 1.90. The highest BCUT2D eigenvalue weighted by Gasteiger charge is 2.13. The number of aromatic nitrogens is 2. The fraction of sp³-hybridized carbons (Fsp3) is 0.308. The first kappa shape index (κ1) is 12.1. The second-order valence-corrected chi connectivity index (χ2v) is 4.62. The predicted octanol–water partition coefficient (Wildman–Crippen LogP) is 3.02. The summed E-state index contributed by atoms with van der Waals surface area (Å²) >= 11 is 5.03. The van der Waals surface area contributed by atoms with Gasteiger partial charge in [-0.25, -0.2) is 0 Å². The van der Waals surface area contributed by atoms with Crippen LogP contribution in [0.2, 0.25) is 0 Å². The quantitative estimate of drug-likeness (QED) is 0.731. The lowest BCUT2D eigenvalue weighted by Crippen LogP contribution is -2.02. The largest absolute Gasteiger partial charge is 0.392 e. The van der Waals surface area contributed by atoms with Crippen molar-refractivity contribution < 1.29 is 5.11 Å². The Bertz CT molecular complexity index is 571. The summed E-state index contributed by atoms with van der Waals surface area (Å²) in [5.41, 5.74) is 4.39. The molecule has 1 unspecified atom stereocenters. The molecule has 1 aromatic carbocycles. The van der Waals surface area contributed by atoms with E-state index in [1.807, 2.05) is 25.3 Å². The van der Waals surface area contributed by atoms with Gasteiger partial charge >= 0.3 is 0 Å². The molecule has 0 bridgehead atoms. The predicted molar refractivity (Wildman–Crippen MR) is 70.6 cm³/mol. The van der Waals surface area contributed by atoms with Gasteiger partial charge in [-0.2, -0.15) is 0 Å². The van der Waals surface area contributed by atoms with Crippen molar-refractivity contribution in [2.24, 2.45) is 0 Å². The zero-order valence-electron chi connectivity index (χ0n) is 9.95. The molecule has 0 amide bonds. The summed E-state index contributed by atoms with van der Waals surface area (Å²) < 4.78 is 0.641. The molecular formula is C13H16N2OS. The average Bonchev–Trinajstić information content (AvgIpc) is 2.75. The molecule has 2 aromatic rings. The molecule has 1 aromatic heterocycles. The van der Waals surface area contributed by atoms with E-state index in [0.29, 0.717) is 4.77 Å². The highest BCUT2D eigenvalue weighted by Crippen LogP contribution is 2.27. The Morgan fingerprint density at radius 3 is 2.76 bits per heavy atom. The molecule has 0 aliphatic rings. The molecule has 1 atom stereocenters. The standard InChI is InChI=1S/C13H16N2OS/c1-8-10(7-16)4-3-5-11(8)9(2)12-6-14-13(17)15-12/h3-6,9,16H,7H2,1-2H3,(H2,14,15,17). The molecule has 3 N–H and O–H groups in total. The number of H-pyrrole nitrogens is 2. The van der Waals surface area contributed by atoms with Crippen LogP contribution >= 0.6 is 12.2 Å². The van der Waals surface area contributed by atoms with Crippen LogP contribution in [0.1, 0.15) is 35.2 Å².